The Hall–Kier alpha value is -1.44. The minimum absolute atomic E-state index is 0.0247. The molecular formula is C32H54O6S. The van der Waals surface area contributed by atoms with E-state index >= 15 is 0 Å². The van der Waals surface area contributed by atoms with Crippen LogP contribution in [0.2, 0.25) is 0 Å². The van der Waals surface area contributed by atoms with Crippen molar-refractivity contribution < 1.29 is 26.9 Å². The molecule has 0 N–H and O–H groups in total. The van der Waals surface area contributed by atoms with Crippen LogP contribution in [0.25, 0.3) is 0 Å². The number of benzene rings is 1. The number of unbranched alkanes of at least 4 members (excludes halogenated alkanes) is 13. The molecule has 1 heterocycles. The average Bonchev–Trinajstić information content (AvgIpc) is 3.38. The van der Waals surface area contributed by atoms with Crippen LogP contribution in [0.15, 0.2) is 29.2 Å². The van der Waals surface area contributed by atoms with Gasteiger partial charge in [-0.15, -0.1) is 0 Å². The van der Waals surface area contributed by atoms with Crippen molar-refractivity contribution in [2.45, 2.75) is 140 Å². The molecule has 1 saturated heterocycles. The maximum Gasteiger partial charge on any atom is 0.305 e. The van der Waals surface area contributed by atoms with Crippen LogP contribution in [0.3, 0.4) is 0 Å². The van der Waals surface area contributed by atoms with Crippen molar-refractivity contribution in [3.63, 3.8) is 0 Å². The second-order valence-electron chi connectivity index (χ2n) is 11.3. The average molecular weight is 567 g/mol. The number of carbonyl (C=O) groups is 1. The molecule has 1 aromatic rings. The molecule has 224 valence electrons. The van der Waals surface area contributed by atoms with Gasteiger partial charge in [0, 0.05) is 6.42 Å². The van der Waals surface area contributed by atoms with E-state index in [-0.39, 0.29) is 23.6 Å². The zero-order chi connectivity index (χ0) is 28.2. The zero-order valence-electron chi connectivity index (χ0n) is 24.7. The molecule has 0 saturated carbocycles. The summed E-state index contributed by atoms with van der Waals surface area (Å²) >= 11 is 0. The van der Waals surface area contributed by atoms with Gasteiger partial charge in [-0.05, 0) is 50.7 Å². The summed E-state index contributed by atoms with van der Waals surface area (Å²) in [5, 5.41) is 0. The highest BCUT2D eigenvalue weighted by Crippen LogP contribution is 2.25. The van der Waals surface area contributed by atoms with Gasteiger partial charge in [0.2, 0.25) is 0 Å². The third kappa shape index (κ3) is 15.8. The molecule has 1 aliphatic rings. The first-order valence-electron chi connectivity index (χ1n) is 15.6. The third-order valence-electron chi connectivity index (χ3n) is 7.63. The summed E-state index contributed by atoms with van der Waals surface area (Å²) in [6, 6.07) is 6.60. The third-order valence-corrected chi connectivity index (χ3v) is 8.96. The van der Waals surface area contributed by atoms with Crippen molar-refractivity contribution in [3.05, 3.63) is 29.8 Å². The summed E-state index contributed by atoms with van der Waals surface area (Å²) in [6.07, 6.45) is 20.9. The smallest absolute Gasteiger partial charge is 0.305 e. The second-order valence-corrected chi connectivity index (χ2v) is 12.9. The molecule has 0 spiro atoms. The number of hydrogen-bond acceptors (Lipinski definition) is 6. The van der Waals surface area contributed by atoms with E-state index in [4.69, 9.17) is 13.7 Å². The van der Waals surface area contributed by atoms with E-state index in [1.165, 1.54) is 83.5 Å². The molecule has 2 atom stereocenters. The second kappa shape index (κ2) is 20.4. The number of ether oxygens (including phenoxy) is 2. The van der Waals surface area contributed by atoms with Gasteiger partial charge in [0.1, 0.15) is 6.61 Å². The SMILES string of the molecule is CCCCCCCCCCCCCCC1COC(COC(=O)CCCCCOS(=O)(=O)c2ccc(C)cc2)C1. The number of aryl methyl sites for hydroxylation is 1. The molecule has 39 heavy (non-hydrogen) atoms. The van der Waals surface area contributed by atoms with Crippen LogP contribution in [0.1, 0.15) is 128 Å². The summed E-state index contributed by atoms with van der Waals surface area (Å²) in [6.45, 7) is 5.41. The van der Waals surface area contributed by atoms with Crippen molar-refractivity contribution in [1.29, 1.82) is 0 Å². The Balaban J connectivity index is 1.39. The number of hydrogen-bond donors (Lipinski definition) is 0. The Morgan fingerprint density at radius 2 is 1.44 bits per heavy atom. The zero-order valence-corrected chi connectivity index (χ0v) is 25.5. The molecule has 1 aromatic carbocycles. The predicted molar refractivity (Wildman–Crippen MR) is 157 cm³/mol. The van der Waals surface area contributed by atoms with Gasteiger partial charge in [0.05, 0.1) is 24.2 Å². The fraction of sp³-hybridized carbons (Fsp3) is 0.781. The van der Waals surface area contributed by atoms with E-state index in [1.807, 2.05) is 6.92 Å². The maximum absolute atomic E-state index is 12.2. The maximum atomic E-state index is 12.2. The summed E-state index contributed by atoms with van der Waals surface area (Å²) in [7, 11) is -3.73. The molecule has 2 rings (SSSR count). The van der Waals surface area contributed by atoms with Gasteiger partial charge in [-0.3, -0.25) is 8.98 Å². The Morgan fingerprint density at radius 3 is 2.08 bits per heavy atom. The molecule has 0 bridgehead atoms. The molecule has 1 aliphatic heterocycles. The quantitative estimate of drug-likeness (QED) is 0.0753. The fourth-order valence-corrected chi connectivity index (χ4v) is 6.06. The standard InChI is InChI=1S/C32H54O6S/c1-3-4-5-6-7-8-9-10-11-12-13-15-18-29-25-30(36-26-29)27-37-32(33)19-16-14-17-24-38-39(34,35)31-22-20-28(2)21-23-31/h20-23,29-30H,3-19,24-27H2,1-2H3. The van der Waals surface area contributed by atoms with Crippen molar-refractivity contribution in [2.24, 2.45) is 5.92 Å². The van der Waals surface area contributed by atoms with Crippen molar-refractivity contribution >= 4 is 16.1 Å². The van der Waals surface area contributed by atoms with Crippen molar-refractivity contribution in [3.8, 4) is 0 Å². The fourth-order valence-electron chi connectivity index (χ4n) is 5.12. The van der Waals surface area contributed by atoms with E-state index in [2.05, 4.69) is 6.92 Å². The van der Waals surface area contributed by atoms with E-state index in [0.717, 1.165) is 18.6 Å². The van der Waals surface area contributed by atoms with Gasteiger partial charge >= 0.3 is 5.97 Å². The molecule has 7 heteroatoms. The van der Waals surface area contributed by atoms with E-state index in [1.54, 1.807) is 24.3 Å². The van der Waals surface area contributed by atoms with Gasteiger partial charge in [-0.25, -0.2) is 0 Å². The largest absolute Gasteiger partial charge is 0.463 e. The lowest BCUT2D eigenvalue weighted by molar-refractivity contribution is -0.147. The van der Waals surface area contributed by atoms with Crippen molar-refractivity contribution in [2.75, 3.05) is 19.8 Å². The van der Waals surface area contributed by atoms with Gasteiger partial charge in [-0.1, -0.05) is 108 Å². The van der Waals surface area contributed by atoms with Gasteiger partial charge < -0.3 is 9.47 Å². The summed E-state index contributed by atoms with van der Waals surface area (Å²) in [5.41, 5.74) is 0.995. The normalized spacial score (nSPS) is 17.5. The number of carbonyl (C=O) groups excluding carboxylic acids is 1. The highest BCUT2D eigenvalue weighted by atomic mass is 32.2. The summed E-state index contributed by atoms with van der Waals surface area (Å²) in [4.78, 5) is 12.2. The van der Waals surface area contributed by atoms with Gasteiger partial charge in [-0.2, -0.15) is 8.42 Å². The van der Waals surface area contributed by atoms with Crippen LogP contribution < -0.4 is 0 Å². The minimum Gasteiger partial charge on any atom is -0.463 e. The molecule has 1 fully saturated rings. The Labute approximate surface area is 238 Å². The molecule has 2 unspecified atom stereocenters. The Kier molecular flexibility index (Phi) is 17.7. The summed E-state index contributed by atoms with van der Waals surface area (Å²) < 4.78 is 40.7. The van der Waals surface area contributed by atoms with Crippen LogP contribution in [-0.2, 0) is 28.6 Å². The first-order chi connectivity index (χ1) is 18.9. The van der Waals surface area contributed by atoms with Crippen molar-refractivity contribution in [1.82, 2.24) is 0 Å². The van der Waals surface area contributed by atoms with Gasteiger partial charge in [0.15, 0.2) is 0 Å². The monoisotopic (exact) mass is 566 g/mol. The highest BCUT2D eigenvalue weighted by Gasteiger charge is 2.26. The minimum atomic E-state index is -3.73. The molecule has 6 nitrogen and oxygen atoms in total. The van der Waals surface area contributed by atoms with Crippen LogP contribution in [0.4, 0.5) is 0 Å². The molecule has 0 amide bonds. The molecule has 0 aromatic heterocycles. The van der Waals surface area contributed by atoms with E-state index in [0.29, 0.717) is 38.2 Å². The first-order valence-corrected chi connectivity index (χ1v) is 17.0. The lowest BCUT2D eigenvalue weighted by Gasteiger charge is -2.11. The lowest BCUT2D eigenvalue weighted by Crippen LogP contribution is -2.18. The molecule has 0 radical (unpaired) electrons. The van der Waals surface area contributed by atoms with Crippen LogP contribution in [0, 0.1) is 12.8 Å². The molecular weight excluding hydrogens is 512 g/mol. The lowest BCUT2D eigenvalue weighted by atomic mass is 9.97. The molecule has 0 aliphatic carbocycles. The van der Waals surface area contributed by atoms with Gasteiger partial charge in [0.25, 0.3) is 10.1 Å². The van der Waals surface area contributed by atoms with Crippen LogP contribution in [0.5, 0.6) is 0 Å². The van der Waals surface area contributed by atoms with E-state index in [9.17, 15) is 13.2 Å². The van der Waals surface area contributed by atoms with E-state index < -0.39 is 10.1 Å². The predicted octanol–water partition coefficient (Wildman–Crippen LogP) is 8.30. The highest BCUT2D eigenvalue weighted by molar-refractivity contribution is 7.86. The topological polar surface area (TPSA) is 78.9 Å². The number of rotatable bonds is 23. The Bertz CT molecular complexity index is 867. The first kappa shape index (κ1) is 33.8. The van der Waals surface area contributed by atoms with Crippen LogP contribution in [-0.4, -0.2) is 40.3 Å². The van der Waals surface area contributed by atoms with Crippen LogP contribution >= 0.6 is 0 Å². The Morgan fingerprint density at radius 1 is 0.846 bits per heavy atom. The number of esters is 1. The summed E-state index contributed by atoms with van der Waals surface area (Å²) in [5.74, 6) is 0.379.